The van der Waals surface area contributed by atoms with E-state index < -0.39 is 10.0 Å². The molecule has 0 bridgehead atoms. The maximum Gasteiger partial charge on any atom is 0.247 e. The fourth-order valence-electron chi connectivity index (χ4n) is 1.86. The van der Waals surface area contributed by atoms with Gasteiger partial charge in [-0.25, -0.2) is 8.42 Å². The Morgan fingerprint density at radius 2 is 2.10 bits per heavy atom. The van der Waals surface area contributed by atoms with Gasteiger partial charge in [-0.3, -0.25) is 0 Å². The van der Waals surface area contributed by atoms with Crippen molar-refractivity contribution in [3.8, 4) is 5.75 Å². The van der Waals surface area contributed by atoms with Gasteiger partial charge in [-0.05, 0) is 24.6 Å². The highest BCUT2D eigenvalue weighted by Crippen LogP contribution is 2.28. The van der Waals surface area contributed by atoms with Gasteiger partial charge in [0, 0.05) is 19.6 Å². The lowest BCUT2D eigenvalue weighted by Gasteiger charge is -2.22. The summed E-state index contributed by atoms with van der Waals surface area (Å²) in [6.45, 7) is 8.29. The molecule has 1 aromatic rings. The van der Waals surface area contributed by atoms with Crippen LogP contribution < -0.4 is 10.5 Å². The summed E-state index contributed by atoms with van der Waals surface area (Å²) >= 11 is 0. The summed E-state index contributed by atoms with van der Waals surface area (Å²) in [4.78, 5) is 0.144. The number of methoxy groups -OCH3 is 1. The zero-order valence-electron chi connectivity index (χ0n) is 12.2. The molecule has 2 N–H and O–H groups in total. The molecule has 0 saturated heterocycles. The van der Waals surface area contributed by atoms with Gasteiger partial charge in [0.25, 0.3) is 0 Å². The van der Waals surface area contributed by atoms with Gasteiger partial charge in [0.1, 0.15) is 10.6 Å². The van der Waals surface area contributed by atoms with Crippen LogP contribution in [-0.2, 0) is 16.6 Å². The normalized spacial score (nSPS) is 11.7. The van der Waals surface area contributed by atoms with Gasteiger partial charge < -0.3 is 10.5 Å². The van der Waals surface area contributed by atoms with Crippen molar-refractivity contribution in [2.24, 2.45) is 5.73 Å². The van der Waals surface area contributed by atoms with E-state index in [-0.39, 0.29) is 18.0 Å². The molecule has 0 aliphatic carbocycles. The minimum absolute atomic E-state index is 0.144. The molecular formula is C14H22N2O3S. The Kier molecular flexibility index (Phi) is 5.74. The molecule has 5 nitrogen and oxygen atoms in total. The third kappa shape index (κ3) is 3.59. The van der Waals surface area contributed by atoms with Crippen LogP contribution in [0.5, 0.6) is 5.75 Å². The number of hydrogen-bond acceptors (Lipinski definition) is 4. The minimum atomic E-state index is -3.63. The Hall–Kier alpha value is -1.37. The second kappa shape index (κ2) is 6.88. The average Bonchev–Trinajstić information content (AvgIpc) is 2.43. The molecule has 0 aromatic heterocycles. The molecule has 0 aliphatic heterocycles. The van der Waals surface area contributed by atoms with E-state index in [1.54, 1.807) is 32.0 Å². The molecule has 6 heteroatoms. The van der Waals surface area contributed by atoms with Gasteiger partial charge in [-0.2, -0.15) is 4.31 Å². The van der Waals surface area contributed by atoms with E-state index in [4.69, 9.17) is 10.5 Å². The van der Waals surface area contributed by atoms with Crippen LogP contribution in [0, 0.1) is 0 Å². The first kappa shape index (κ1) is 16.7. The van der Waals surface area contributed by atoms with Crippen LogP contribution in [-0.4, -0.2) is 32.9 Å². The molecule has 0 amide bonds. The average molecular weight is 298 g/mol. The summed E-state index contributed by atoms with van der Waals surface area (Å²) in [5, 5.41) is 0. The van der Waals surface area contributed by atoms with Gasteiger partial charge in [0.05, 0.1) is 7.11 Å². The molecule has 0 atom stereocenters. The number of likely N-dealkylation sites (N-methyl/N-ethyl adjacent to an activating group) is 1. The molecule has 20 heavy (non-hydrogen) atoms. The zero-order chi connectivity index (χ0) is 15.3. The van der Waals surface area contributed by atoms with Gasteiger partial charge in [-0.15, -0.1) is 0 Å². The van der Waals surface area contributed by atoms with E-state index in [1.807, 2.05) is 0 Å². The predicted octanol–water partition coefficient (Wildman–Crippen LogP) is 1.74. The van der Waals surface area contributed by atoms with Crippen molar-refractivity contribution < 1.29 is 13.2 Å². The third-order valence-electron chi connectivity index (χ3n) is 2.88. The Morgan fingerprint density at radius 1 is 1.45 bits per heavy atom. The Bertz CT molecular complexity index is 582. The second-order valence-electron chi connectivity index (χ2n) is 4.58. The molecule has 0 spiro atoms. The lowest BCUT2D eigenvalue weighted by atomic mass is 10.2. The molecule has 0 fully saturated rings. The summed E-state index contributed by atoms with van der Waals surface area (Å²) in [6.07, 6.45) is 0. The smallest absolute Gasteiger partial charge is 0.247 e. The minimum Gasteiger partial charge on any atom is -0.495 e. The van der Waals surface area contributed by atoms with Crippen LogP contribution in [0.1, 0.15) is 19.4 Å². The summed E-state index contributed by atoms with van der Waals surface area (Å²) in [6, 6.07) is 4.95. The van der Waals surface area contributed by atoms with Crippen LogP contribution in [0.2, 0.25) is 0 Å². The highest BCUT2D eigenvalue weighted by atomic mass is 32.2. The number of rotatable bonds is 7. The number of sulfonamides is 1. The highest BCUT2D eigenvalue weighted by Gasteiger charge is 2.26. The first-order valence-corrected chi connectivity index (χ1v) is 7.82. The fourth-order valence-corrected chi connectivity index (χ4v) is 3.57. The molecule has 0 radical (unpaired) electrons. The van der Waals surface area contributed by atoms with Crippen molar-refractivity contribution in [2.75, 3.05) is 20.2 Å². The maximum absolute atomic E-state index is 12.7. The number of benzene rings is 1. The SMILES string of the molecule is C=C(C)CN(CC)S(=O)(=O)c1cc(CN)ccc1OC. The first-order chi connectivity index (χ1) is 9.36. The van der Waals surface area contributed by atoms with Crippen LogP contribution in [0.15, 0.2) is 35.2 Å². The monoisotopic (exact) mass is 298 g/mol. The zero-order valence-corrected chi connectivity index (χ0v) is 13.0. The van der Waals surface area contributed by atoms with Gasteiger partial charge in [-0.1, -0.05) is 25.1 Å². The van der Waals surface area contributed by atoms with Crippen molar-refractivity contribution in [2.45, 2.75) is 25.3 Å². The fraction of sp³-hybridized carbons (Fsp3) is 0.429. The van der Waals surface area contributed by atoms with Crippen LogP contribution in [0.3, 0.4) is 0 Å². The third-order valence-corrected chi connectivity index (χ3v) is 4.82. The van der Waals surface area contributed by atoms with E-state index in [1.165, 1.54) is 11.4 Å². The van der Waals surface area contributed by atoms with Crippen molar-refractivity contribution in [3.63, 3.8) is 0 Å². The molecule has 1 aromatic carbocycles. The van der Waals surface area contributed by atoms with E-state index in [0.717, 1.165) is 11.1 Å². The Labute approximate surface area is 121 Å². The second-order valence-corrected chi connectivity index (χ2v) is 6.48. The van der Waals surface area contributed by atoms with Crippen LogP contribution >= 0.6 is 0 Å². The predicted molar refractivity (Wildman–Crippen MR) is 80.1 cm³/mol. The van der Waals surface area contributed by atoms with Gasteiger partial charge in [0.2, 0.25) is 10.0 Å². The molecule has 1 rings (SSSR count). The summed E-state index contributed by atoms with van der Waals surface area (Å²) in [7, 11) is -2.18. The van der Waals surface area contributed by atoms with E-state index in [0.29, 0.717) is 12.3 Å². The topological polar surface area (TPSA) is 72.6 Å². The number of hydrogen-bond donors (Lipinski definition) is 1. The quantitative estimate of drug-likeness (QED) is 0.778. The van der Waals surface area contributed by atoms with E-state index in [2.05, 4.69) is 6.58 Å². The van der Waals surface area contributed by atoms with Crippen molar-refractivity contribution >= 4 is 10.0 Å². The molecule has 0 unspecified atom stereocenters. The Morgan fingerprint density at radius 3 is 2.55 bits per heavy atom. The molecule has 0 heterocycles. The van der Waals surface area contributed by atoms with Crippen molar-refractivity contribution in [1.82, 2.24) is 4.31 Å². The number of nitrogens with two attached hydrogens (primary N) is 1. The van der Waals surface area contributed by atoms with Crippen LogP contribution in [0.4, 0.5) is 0 Å². The molecule has 0 aliphatic rings. The summed E-state index contributed by atoms with van der Waals surface area (Å²) in [5.74, 6) is 0.322. The van der Waals surface area contributed by atoms with Crippen molar-refractivity contribution in [3.05, 3.63) is 35.9 Å². The number of ether oxygens (including phenoxy) is 1. The van der Waals surface area contributed by atoms with Gasteiger partial charge >= 0.3 is 0 Å². The van der Waals surface area contributed by atoms with Gasteiger partial charge in [0.15, 0.2) is 0 Å². The molecular weight excluding hydrogens is 276 g/mol. The largest absolute Gasteiger partial charge is 0.495 e. The standard InChI is InChI=1S/C14H22N2O3S/c1-5-16(10-11(2)3)20(17,18)14-8-12(9-15)6-7-13(14)19-4/h6-8H,2,5,9-10,15H2,1,3-4H3. The van der Waals surface area contributed by atoms with Crippen LogP contribution in [0.25, 0.3) is 0 Å². The Balaban J connectivity index is 3.35. The lowest BCUT2D eigenvalue weighted by Crippen LogP contribution is -2.32. The molecule has 112 valence electrons. The first-order valence-electron chi connectivity index (χ1n) is 6.38. The maximum atomic E-state index is 12.7. The van der Waals surface area contributed by atoms with E-state index >= 15 is 0 Å². The molecule has 0 saturated carbocycles. The summed E-state index contributed by atoms with van der Waals surface area (Å²) in [5.41, 5.74) is 7.11. The van der Waals surface area contributed by atoms with Crippen molar-refractivity contribution in [1.29, 1.82) is 0 Å². The lowest BCUT2D eigenvalue weighted by molar-refractivity contribution is 0.396. The van der Waals surface area contributed by atoms with E-state index in [9.17, 15) is 8.42 Å². The highest BCUT2D eigenvalue weighted by molar-refractivity contribution is 7.89. The number of nitrogens with zero attached hydrogens (tertiary/aromatic N) is 1. The summed E-state index contributed by atoms with van der Waals surface area (Å²) < 4.78 is 32.0.